The van der Waals surface area contributed by atoms with Crippen LogP contribution >= 0.6 is 0 Å². The van der Waals surface area contributed by atoms with E-state index in [-0.39, 0.29) is 0 Å². The molecule has 1 atom stereocenters. The summed E-state index contributed by atoms with van der Waals surface area (Å²) in [6, 6.07) is 0. The monoisotopic (exact) mass is 170 g/mol. The zero-order valence-corrected chi connectivity index (χ0v) is 7.50. The van der Waals surface area contributed by atoms with Gasteiger partial charge in [-0.2, -0.15) is 0 Å². The summed E-state index contributed by atoms with van der Waals surface area (Å²) < 4.78 is 4.73. The highest BCUT2D eigenvalue weighted by molar-refractivity contribution is 5.92. The smallest absolute Gasteiger partial charge is 0.319 e. The van der Waals surface area contributed by atoms with Crippen molar-refractivity contribution in [1.82, 2.24) is 0 Å². The van der Waals surface area contributed by atoms with Crippen molar-refractivity contribution in [2.24, 2.45) is 5.41 Å². The van der Waals surface area contributed by atoms with Crippen molar-refractivity contribution < 1.29 is 14.3 Å². The van der Waals surface area contributed by atoms with Crippen LogP contribution in [-0.4, -0.2) is 18.9 Å². The summed E-state index contributed by atoms with van der Waals surface area (Å²) in [5.74, 6) is -0.486. The van der Waals surface area contributed by atoms with Crippen LogP contribution in [0.15, 0.2) is 12.7 Å². The molecule has 0 aliphatic rings. The molecule has 0 aromatic rings. The lowest BCUT2D eigenvalue weighted by Crippen LogP contribution is -2.30. The van der Waals surface area contributed by atoms with Gasteiger partial charge in [-0.05, 0) is 20.3 Å². The maximum Gasteiger partial charge on any atom is 0.319 e. The summed E-state index contributed by atoms with van der Waals surface area (Å²) in [7, 11) is 0. The fourth-order valence-corrected chi connectivity index (χ4v) is 0.775. The van der Waals surface area contributed by atoms with Crippen LogP contribution in [0.2, 0.25) is 0 Å². The maximum atomic E-state index is 11.2. The van der Waals surface area contributed by atoms with Gasteiger partial charge in [-0.1, -0.05) is 6.08 Å². The molecule has 12 heavy (non-hydrogen) atoms. The molecule has 0 rings (SSSR count). The van der Waals surface area contributed by atoms with Crippen molar-refractivity contribution in [3.8, 4) is 0 Å². The van der Waals surface area contributed by atoms with E-state index in [1.807, 2.05) is 0 Å². The quantitative estimate of drug-likeness (QED) is 0.270. The molecule has 1 unspecified atom stereocenters. The van der Waals surface area contributed by atoms with E-state index in [0.717, 1.165) is 0 Å². The highest BCUT2D eigenvalue weighted by Gasteiger charge is 2.32. The standard InChI is InChI=1S/C9H14O3/c1-4-6-9(3,7-10)8(11)12-5-2/h4,7H,1,5-6H2,2-3H3. The normalized spacial score (nSPS) is 14.5. The Kier molecular flexibility index (Phi) is 4.26. The van der Waals surface area contributed by atoms with E-state index in [1.165, 1.54) is 6.08 Å². The maximum absolute atomic E-state index is 11.2. The third-order valence-electron chi connectivity index (χ3n) is 1.57. The Hall–Kier alpha value is -1.12. The molecule has 0 heterocycles. The third kappa shape index (κ3) is 2.49. The minimum absolute atomic E-state index is 0.291. The van der Waals surface area contributed by atoms with Crippen LogP contribution in [0.1, 0.15) is 20.3 Å². The molecule has 0 aliphatic carbocycles. The number of rotatable bonds is 5. The summed E-state index contributed by atoms with van der Waals surface area (Å²) >= 11 is 0. The van der Waals surface area contributed by atoms with Gasteiger partial charge in [0.2, 0.25) is 0 Å². The van der Waals surface area contributed by atoms with E-state index in [1.54, 1.807) is 13.8 Å². The molecule has 0 bridgehead atoms. The second-order valence-corrected chi connectivity index (χ2v) is 2.75. The summed E-state index contributed by atoms with van der Waals surface area (Å²) in [5, 5.41) is 0. The molecular formula is C9H14O3. The van der Waals surface area contributed by atoms with Gasteiger partial charge in [0.15, 0.2) is 0 Å². The summed E-state index contributed by atoms with van der Waals surface area (Å²) in [5.41, 5.74) is -1.06. The van der Waals surface area contributed by atoms with Gasteiger partial charge in [0.25, 0.3) is 0 Å². The molecular weight excluding hydrogens is 156 g/mol. The molecule has 0 aromatic carbocycles. The minimum Gasteiger partial charge on any atom is -0.465 e. The van der Waals surface area contributed by atoms with Gasteiger partial charge in [-0.25, -0.2) is 0 Å². The van der Waals surface area contributed by atoms with Gasteiger partial charge in [0.1, 0.15) is 11.7 Å². The Balaban J connectivity index is 4.38. The van der Waals surface area contributed by atoms with Crippen LogP contribution in [0, 0.1) is 5.41 Å². The molecule has 0 aliphatic heterocycles. The van der Waals surface area contributed by atoms with Crippen molar-refractivity contribution in [1.29, 1.82) is 0 Å². The number of ether oxygens (including phenoxy) is 1. The summed E-state index contributed by atoms with van der Waals surface area (Å²) in [6.07, 6.45) is 2.45. The van der Waals surface area contributed by atoms with E-state index >= 15 is 0 Å². The van der Waals surface area contributed by atoms with Crippen LogP contribution in [0.5, 0.6) is 0 Å². The Morgan fingerprint density at radius 3 is 2.58 bits per heavy atom. The first-order chi connectivity index (χ1) is 5.60. The van der Waals surface area contributed by atoms with Gasteiger partial charge < -0.3 is 9.53 Å². The first kappa shape index (κ1) is 10.9. The largest absolute Gasteiger partial charge is 0.465 e. The Labute approximate surface area is 72.4 Å². The van der Waals surface area contributed by atoms with Crippen molar-refractivity contribution in [3.63, 3.8) is 0 Å². The molecule has 0 amide bonds. The lowest BCUT2D eigenvalue weighted by molar-refractivity contribution is -0.155. The number of hydrogen-bond donors (Lipinski definition) is 0. The van der Waals surface area contributed by atoms with Gasteiger partial charge in [0, 0.05) is 0 Å². The predicted octanol–water partition coefficient (Wildman–Crippen LogP) is 1.33. The highest BCUT2D eigenvalue weighted by Crippen LogP contribution is 2.20. The number of aldehydes is 1. The third-order valence-corrected chi connectivity index (χ3v) is 1.57. The molecule has 3 heteroatoms. The molecule has 0 radical (unpaired) electrons. The fourth-order valence-electron chi connectivity index (χ4n) is 0.775. The predicted molar refractivity (Wildman–Crippen MR) is 45.6 cm³/mol. The van der Waals surface area contributed by atoms with Crippen LogP contribution in [0.3, 0.4) is 0 Å². The average molecular weight is 170 g/mol. The van der Waals surface area contributed by atoms with Crippen LogP contribution in [0.4, 0.5) is 0 Å². The summed E-state index contributed by atoms with van der Waals surface area (Å²) in [6.45, 7) is 7.01. The number of hydrogen-bond acceptors (Lipinski definition) is 3. The van der Waals surface area contributed by atoms with E-state index in [9.17, 15) is 9.59 Å². The lowest BCUT2D eigenvalue weighted by atomic mass is 9.89. The first-order valence-corrected chi connectivity index (χ1v) is 3.85. The topological polar surface area (TPSA) is 43.4 Å². The van der Waals surface area contributed by atoms with Gasteiger partial charge in [-0.15, -0.1) is 6.58 Å². The highest BCUT2D eigenvalue weighted by atomic mass is 16.5. The second kappa shape index (κ2) is 4.70. The van der Waals surface area contributed by atoms with Crippen LogP contribution < -0.4 is 0 Å². The summed E-state index contributed by atoms with van der Waals surface area (Å²) in [4.78, 5) is 21.8. The molecule has 0 fully saturated rings. The first-order valence-electron chi connectivity index (χ1n) is 3.85. The van der Waals surface area contributed by atoms with Crippen LogP contribution in [0.25, 0.3) is 0 Å². The average Bonchev–Trinajstić information content (AvgIpc) is 2.05. The molecule has 0 spiro atoms. The van der Waals surface area contributed by atoms with Crippen LogP contribution in [-0.2, 0) is 14.3 Å². The molecule has 0 aromatic heterocycles. The van der Waals surface area contributed by atoms with Crippen molar-refractivity contribution in [3.05, 3.63) is 12.7 Å². The Morgan fingerprint density at radius 1 is 1.67 bits per heavy atom. The van der Waals surface area contributed by atoms with Crippen molar-refractivity contribution in [2.75, 3.05) is 6.61 Å². The van der Waals surface area contributed by atoms with Gasteiger partial charge in [0.05, 0.1) is 6.61 Å². The molecule has 0 saturated heterocycles. The number of esters is 1. The number of carbonyl (C=O) groups is 2. The van der Waals surface area contributed by atoms with E-state index in [4.69, 9.17) is 4.74 Å². The van der Waals surface area contributed by atoms with E-state index in [0.29, 0.717) is 19.3 Å². The minimum atomic E-state index is -1.06. The number of carbonyl (C=O) groups excluding carboxylic acids is 2. The fraction of sp³-hybridized carbons (Fsp3) is 0.556. The Bertz CT molecular complexity index is 186. The van der Waals surface area contributed by atoms with E-state index < -0.39 is 11.4 Å². The van der Waals surface area contributed by atoms with Gasteiger partial charge >= 0.3 is 5.97 Å². The molecule has 68 valence electrons. The molecule has 0 N–H and O–H groups in total. The number of allylic oxidation sites excluding steroid dienone is 1. The second-order valence-electron chi connectivity index (χ2n) is 2.75. The van der Waals surface area contributed by atoms with Gasteiger partial charge in [-0.3, -0.25) is 4.79 Å². The van der Waals surface area contributed by atoms with Crippen molar-refractivity contribution in [2.45, 2.75) is 20.3 Å². The molecule has 0 saturated carbocycles. The lowest BCUT2D eigenvalue weighted by Gasteiger charge is -2.18. The SMILES string of the molecule is C=CCC(C)(C=O)C(=O)OCC. The zero-order valence-electron chi connectivity index (χ0n) is 7.50. The molecule has 3 nitrogen and oxygen atoms in total. The zero-order chi connectivity index (χ0) is 9.61. The Morgan fingerprint density at radius 2 is 2.25 bits per heavy atom. The van der Waals surface area contributed by atoms with Crippen molar-refractivity contribution >= 4 is 12.3 Å². The van der Waals surface area contributed by atoms with E-state index in [2.05, 4.69) is 6.58 Å².